The van der Waals surface area contributed by atoms with E-state index in [1.54, 1.807) is 0 Å². The van der Waals surface area contributed by atoms with Crippen LogP contribution in [0.1, 0.15) is 11.1 Å². The minimum absolute atomic E-state index is 0.116. The molecule has 2 aromatic carbocycles. The van der Waals surface area contributed by atoms with Gasteiger partial charge in [0.15, 0.2) is 0 Å². The van der Waals surface area contributed by atoms with Crippen molar-refractivity contribution in [1.29, 1.82) is 0 Å². The maximum Gasteiger partial charge on any atom is 0.234 e. The number of anilines is 1. The van der Waals surface area contributed by atoms with Crippen molar-refractivity contribution in [1.82, 2.24) is 5.32 Å². The van der Waals surface area contributed by atoms with E-state index >= 15 is 0 Å². The fourth-order valence-corrected chi connectivity index (χ4v) is 2.57. The van der Waals surface area contributed by atoms with E-state index in [-0.39, 0.29) is 29.1 Å². The number of rotatable bonds is 7. The Kier molecular flexibility index (Phi) is 6.81. The van der Waals surface area contributed by atoms with Gasteiger partial charge < -0.3 is 10.6 Å². The van der Waals surface area contributed by atoms with Gasteiger partial charge in [-0.25, -0.2) is 4.39 Å². The highest BCUT2D eigenvalue weighted by atomic mass is 32.2. The molecule has 0 fully saturated rings. The average Bonchev–Trinajstić information content (AvgIpc) is 2.56. The number of nitrogens with one attached hydrogen (secondary N) is 2. The number of hydrogen-bond donors (Lipinski definition) is 2. The Balaban J connectivity index is 1.63. The first-order chi connectivity index (χ1) is 11.5. The fraction of sp³-hybridized carbons (Fsp3) is 0.222. The van der Waals surface area contributed by atoms with Crippen LogP contribution >= 0.6 is 11.8 Å². The van der Waals surface area contributed by atoms with Gasteiger partial charge in [0.05, 0.1) is 11.5 Å². The van der Waals surface area contributed by atoms with Gasteiger partial charge in [0.1, 0.15) is 5.82 Å². The summed E-state index contributed by atoms with van der Waals surface area (Å²) in [7, 11) is 0. The molecule has 126 valence electrons. The van der Waals surface area contributed by atoms with Gasteiger partial charge in [0, 0.05) is 12.2 Å². The number of hydrogen-bond acceptors (Lipinski definition) is 3. The van der Waals surface area contributed by atoms with E-state index in [0.717, 1.165) is 5.56 Å². The third-order valence-corrected chi connectivity index (χ3v) is 4.14. The minimum Gasteiger partial charge on any atom is -0.351 e. The normalized spacial score (nSPS) is 10.2. The molecule has 2 N–H and O–H groups in total. The first-order valence-corrected chi connectivity index (χ1v) is 8.64. The Morgan fingerprint density at radius 2 is 1.58 bits per heavy atom. The SMILES string of the molecule is Cc1ccc(CNC(=O)CSCC(=O)Nc2ccc(F)cc2)cc1. The highest BCUT2D eigenvalue weighted by Gasteiger charge is 2.06. The standard InChI is InChI=1S/C18H19FN2O2S/c1-13-2-4-14(5-3-13)10-20-17(22)11-24-12-18(23)21-16-8-6-15(19)7-9-16/h2-9H,10-12H2,1H3,(H,20,22)(H,21,23). The predicted molar refractivity (Wildman–Crippen MR) is 95.4 cm³/mol. The number of carbonyl (C=O) groups excluding carboxylic acids is 2. The monoisotopic (exact) mass is 346 g/mol. The Labute approximate surface area is 144 Å². The fourth-order valence-electron chi connectivity index (χ4n) is 1.92. The summed E-state index contributed by atoms with van der Waals surface area (Å²) in [5, 5.41) is 5.46. The molecule has 0 aliphatic heterocycles. The Morgan fingerprint density at radius 3 is 2.25 bits per heavy atom. The summed E-state index contributed by atoms with van der Waals surface area (Å²) in [6.07, 6.45) is 0. The zero-order valence-electron chi connectivity index (χ0n) is 13.3. The van der Waals surface area contributed by atoms with Crippen molar-refractivity contribution in [2.24, 2.45) is 0 Å². The molecule has 24 heavy (non-hydrogen) atoms. The maximum atomic E-state index is 12.8. The second-order valence-electron chi connectivity index (χ2n) is 5.31. The van der Waals surface area contributed by atoms with Crippen LogP contribution in [0.2, 0.25) is 0 Å². The van der Waals surface area contributed by atoms with Crippen molar-refractivity contribution in [2.45, 2.75) is 13.5 Å². The van der Waals surface area contributed by atoms with Crippen molar-refractivity contribution in [3.05, 3.63) is 65.5 Å². The highest BCUT2D eigenvalue weighted by molar-refractivity contribution is 8.00. The second-order valence-corrected chi connectivity index (χ2v) is 6.30. The summed E-state index contributed by atoms with van der Waals surface area (Å²) in [6.45, 7) is 2.48. The zero-order chi connectivity index (χ0) is 17.4. The van der Waals surface area contributed by atoms with Crippen molar-refractivity contribution in [2.75, 3.05) is 16.8 Å². The summed E-state index contributed by atoms with van der Waals surface area (Å²) in [5.41, 5.74) is 2.74. The molecule has 0 saturated carbocycles. The largest absolute Gasteiger partial charge is 0.351 e. The molecule has 2 amide bonds. The lowest BCUT2D eigenvalue weighted by atomic mass is 10.1. The molecular weight excluding hydrogens is 327 g/mol. The number of thioether (sulfide) groups is 1. The number of benzene rings is 2. The van der Waals surface area contributed by atoms with Crippen molar-refractivity contribution < 1.29 is 14.0 Å². The predicted octanol–water partition coefficient (Wildman–Crippen LogP) is 3.12. The molecule has 0 aromatic heterocycles. The first-order valence-electron chi connectivity index (χ1n) is 7.48. The molecule has 0 saturated heterocycles. The molecule has 0 aliphatic carbocycles. The second kappa shape index (κ2) is 9.08. The van der Waals surface area contributed by atoms with E-state index in [9.17, 15) is 14.0 Å². The van der Waals surface area contributed by atoms with Crippen LogP contribution in [0.15, 0.2) is 48.5 Å². The van der Waals surface area contributed by atoms with E-state index in [2.05, 4.69) is 10.6 Å². The third-order valence-electron chi connectivity index (χ3n) is 3.20. The van der Waals surface area contributed by atoms with Gasteiger partial charge in [-0.05, 0) is 36.8 Å². The van der Waals surface area contributed by atoms with Gasteiger partial charge >= 0.3 is 0 Å². The van der Waals surface area contributed by atoms with Crippen molar-refractivity contribution >= 4 is 29.3 Å². The van der Waals surface area contributed by atoms with Crippen LogP contribution in [0.4, 0.5) is 10.1 Å². The Morgan fingerprint density at radius 1 is 0.958 bits per heavy atom. The summed E-state index contributed by atoms with van der Waals surface area (Å²) in [4.78, 5) is 23.5. The average molecular weight is 346 g/mol. The van der Waals surface area contributed by atoms with Crippen LogP contribution in [0.25, 0.3) is 0 Å². The highest BCUT2D eigenvalue weighted by Crippen LogP contribution is 2.09. The molecule has 2 rings (SSSR count). The number of amides is 2. The molecule has 2 aromatic rings. The zero-order valence-corrected chi connectivity index (χ0v) is 14.2. The molecular formula is C18H19FN2O2S. The smallest absolute Gasteiger partial charge is 0.234 e. The summed E-state index contributed by atoms with van der Waals surface area (Å²) < 4.78 is 12.8. The van der Waals surface area contributed by atoms with Crippen molar-refractivity contribution in [3.63, 3.8) is 0 Å². The van der Waals surface area contributed by atoms with Gasteiger partial charge in [-0.3, -0.25) is 9.59 Å². The molecule has 0 aliphatic rings. The Hall–Kier alpha value is -2.34. The maximum absolute atomic E-state index is 12.8. The van der Waals surface area contributed by atoms with Gasteiger partial charge in [-0.15, -0.1) is 11.8 Å². The molecule has 6 heteroatoms. The summed E-state index contributed by atoms with van der Waals surface area (Å²) in [5.74, 6) is -0.321. The van der Waals surface area contributed by atoms with Gasteiger partial charge in [0.25, 0.3) is 0 Å². The molecule has 0 unspecified atom stereocenters. The first kappa shape index (κ1) is 18.0. The van der Waals surface area contributed by atoms with Crippen LogP contribution in [0.5, 0.6) is 0 Å². The van der Waals surface area contributed by atoms with Crippen LogP contribution in [0.3, 0.4) is 0 Å². The third kappa shape index (κ3) is 6.42. The van der Waals surface area contributed by atoms with Gasteiger partial charge in [-0.2, -0.15) is 0 Å². The lowest BCUT2D eigenvalue weighted by Gasteiger charge is -2.07. The minimum atomic E-state index is -0.354. The molecule has 0 bridgehead atoms. The molecule has 4 nitrogen and oxygen atoms in total. The lowest BCUT2D eigenvalue weighted by molar-refractivity contribution is -0.118. The number of aryl methyl sites for hydroxylation is 1. The lowest BCUT2D eigenvalue weighted by Crippen LogP contribution is -2.25. The number of halogens is 1. The summed E-state index contributed by atoms with van der Waals surface area (Å²) in [6, 6.07) is 13.5. The van der Waals surface area contributed by atoms with Crippen LogP contribution < -0.4 is 10.6 Å². The number of carbonyl (C=O) groups is 2. The molecule has 0 heterocycles. The van der Waals surface area contributed by atoms with Gasteiger partial charge in [-0.1, -0.05) is 29.8 Å². The van der Waals surface area contributed by atoms with E-state index in [1.807, 2.05) is 31.2 Å². The molecule has 0 spiro atoms. The van der Waals surface area contributed by atoms with Crippen LogP contribution in [-0.4, -0.2) is 23.3 Å². The quantitative estimate of drug-likeness (QED) is 0.810. The van der Waals surface area contributed by atoms with Crippen LogP contribution in [-0.2, 0) is 16.1 Å². The van der Waals surface area contributed by atoms with Crippen LogP contribution in [0, 0.1) is 12.7 Å². The van der Waals surface area contributed by atoms with E-state index in [1.165, 1.54) is 41.6 Å². The Bertz CT molecular complexity index is 687. The summed E-state index contributed by atoms with van der Waals surface area (Å²) >= 11 is 1.23. The molecule has 0 atom stereocenters. The topological polar surface area (TPSA) is 58.2 Å². The van der Waals surface area contributed by atoms with Crippen molar-refractivity contribution in [3.8, 4) is 0 Å². The molecule has 0 radical (unpaired) electrons. The van der Waals surface area contributed by atoms with E-state index in [4.69, 9.17) is 0 Å². The van der Waals surface area contributed by atoms with E-state index < -0.39 is 0 Å². The van der Waals surface area contributed by atoms with E-state index in [0.29, 0.717) is 12.2 Å². The van der Waals surface area contributed by atoms with Gasteiger partial charge in [0.2, 0.25) is 11.8 Å².